The van der Waals surface area contributed by atoms with Crippen molar-refractivity contribution in [3.8, 4) is 11.8 Å². The highest BCUT2D eigenvalue weighted by Gasteiger charge is 2.62. The molecule has 1 aromatic carbocycles. The maximum atomic E-state index is 12.2. The molecule has 4 aliphatic rings. The van der Waals surface area contributed by atoms with Crippen LogP contribution >= 0.6 is 11.6 Å². The fraction of sp³-hybridized carbons (Fsp3) is 0.533. The Bertz CT molecular complexity index is 1190. The molecule has 0 bridgehead atoms. The highest BCUT2D eigenvalue weighted by Crippen LogP contribution is 2.66. The Hall–Kier alpha value is -2.35. The number of allylic oxidation sites excluding steroid dienone is 4. The number of aliphatic hydroxyl groups is 1. The van der Waals surface area contributed by atoms with E-state index in [-0.39, 0.29) is 28.9 Å². The number of rotatable bonds is 3. The number of anilines is 1. The van der Waals surface area contributed by atoms with E-state index >= 15 is 0 Å². The minimum absolute atomic E-state index is 0.0522. The fourth-order valence-electron chi connectivity index (χ4n) is 7.54. The molecule has 5 atom stereocenters. The quantitative estimate of drug-likeness (QED) is 0.446. The molecule has 1 amide bonds. The van der Waals surface area contributed by atoms with Crippen LogP contribution in [0.1, 0.15) is 70.3 Å². The first-order valence-corrected chi connectivity index (χ1v) is 13.3. The molecule has 1 aromatic rings. The van der Waals surface area contributed by atoms with Crippen LogP contribution in [0.25, 0.3) is 0 Å². The largest absolute Gasteiger partial charge is 0.377 e. The third-order valence-electron chi connectivity index (χ3n) is 9.39. The molecule has 5 rings (SSSR count). The molecule has 5 heteroatoms. The summed E-state index contributed by atoms with van der Waals surface area (Å²) < 4.78 is 0. The molecule has 1 N–H and O–H groups in total. The molecule has 2 saturated carbocycles. The van der Waals surface area contributed by atoms with E-state index in [9.17, 15) is 14.7 Å². The molecule has 0 spiro atoms. The van der Waals surface area contributed by atoms with Crippen LogP contribution in [-0.2, 0) is 9.59 Å². The number of ketones is 1. The van der Waals surface area contributed by atoms with Gasteiger partial charge in [0, 0.05) is 30.5 Å². The third-order valence-corrected chi connectivity index (χ3v) is 9.62. The van der Waals surface area contributed by atoms with Crippen LogP contribution in [0.2, 0.25) is 0 Å². The summed E-state index contributed by atoms with van der Waals surface area (Å²) in [6.07, 6.45) is 7.78. The Balaban J connectivity index is 1.62. The van der Waals surface area contributed by atoms with Crippen molar-refractivity contribution in [1.82, 2.24) is 0 Å². The Kier molecular flexibility index (Phi) is 6.22. The van der Waals surface area contributed by atoms with E-state index in [1.165, 1.54) is 22.3 Å². The summed E-state index contributed by atoms with van der Waals surface area (Å²) in [7, 11) is 1.74. The zero-order valence-electron chi connectivity index (χ0n) is 20.9. The lowest BCUT2D eigenvalue weighted by Gasteiger charge is -2.53. The minimum atomic E-state index is -0.980. The number of amides is 1. The minimum Gasteiger partial charge on any atom is -0.377 e. The first-order valence-electron chi connectivity index (χ1n) is 12.8. The van der Waals surface area contributed by atoms with E-state index < -0.39 is 5.60 Å². The smallest absolute Gasteiger partial charge is 0.241 e. The van der Waals surface area contributed by atoms with Gasteiger partial charge in [0.25, 0.3) is 0 Å². The Morgan fingerprint density at radius 2 is 1.94 bits per heavy atom. The predicted octanol–water partition coefficient (Wildman–Crippen LogP) is 5.54. The van der Waals surface area contributed by atoms with Gasteiger partial charge in [0.05, 0.1) is 0 Å². The highest BCUT2D eigenvalue weighted by molar-refractivity contribution is 6.29. The number of fused-ring (bicyclic) bond motifs is 4. The molecular formula is C30H34ClNO3. The second kappa shape index (κ2) is 8.95. The van der Waals surface area contributed by atoms with Crippen molar-refractivity contribution in [2.24, 2.45) is 17.3 Å². The van der Waals surface area contributed by atoms with E-state index in [0.717, 1.165) is 37.8 Å². The summed E-state index contributed by atoms with van der Waals surface area (Å²) >= 11 is 5.76. The number of hydrogen-bond acceptors (Lipinski definition) is 3. The third kappa shape index (κ3) is 3.79. The Labute approximate surface area is 213 Å². The second-order valence-electron chi connectivity index (χ2n) is 10.9. The second-order valence-corrected chi connectivity index (χ2v) is 11.2. The molecule has 4 nitrogen and oxygen atoms in total. The monoisotopic (exact) mass is 491 g/mol. The standard InChI is InChI=1S/C30H34ClNO3/c1-4-14-30(35)15-13-26-24-11-7-20-16-22(33)10-12-23(20)28(24)25(17-29(26,30)2)19-5-8-21(9-6-19)32(3)27(34)18-31/h5-6,8-9,16,24-26,35H,7,10-13,15,17-18H2,1-3H3/t24-,25+,26-,29-,30-/m0/s1. The highest BCUT2D eigenvalue weighted by atomic mass is 35.5. The average Bonchev–Trinajstić information content (AvgIpc) is 3.12. The van der Waals surface area contributed by atoms with Gasteiger partial charge in [-0.05, 0) is 92.2 Å². The first-order chi connectivity index (χ1) is 16.7. The van der Waals surface area contributed by atoms with Crippen LogP contribution < -0.4 is 4.90 Å². The van der Waals surface area contributed by atoms with Crippen LogP contribution in [0.15, 0.2) is 47.1 Å². The number of nitrogens with zero attached hydrogens (tertiary/aromatic N) is 1. The molecule has 35 heavy (non-hydrogen) atoms. The number of benzene rings is 1. The first kappa shape index (κ1) is 24.3. The lowest BCUT2D eigenvalue weighted by molar-refractivity contribution is -0.116. The molecule has 0 unspecified atom stereocenters. The number of halogens is 1. The van der Waals surface area contributed by atoms with Gasteiger partial charge in [0.15, 0.2) is 5.78 Å². The van der Waals surface area contributed by atoms with Crippen LogP contribution in [0.5, 0.6) is 0 Å². The molecular weight excluding hydrogens is 458 g/mol. The van der Waals surface area contributed by atoms with Gasteiger partial charge in [0.2, 0.25) is 5.91 Å². The van der Waals surface area contributed by atoms with Crippen molar-refractivity contribution in [3.05, 3.63) is 52.6 Å². The van der Waals surface area contributed by atoms with E-state index in [4.69, 9.17) is 11.6 Å². The zero-order valence-corrected chi connectivity index (χ0v) is 21.6. The van der Waals surface area contributed by atoms with Crippen molar-refractivity contribution < 1.29 is 14.7 Å². The SMILES string of the molecule is CC#C[C@]1(O)CC[C@H]2[C@@H]3CCC4=CC(=O)CCC4=C3[C@@H](c3ccc(N(C)C(=O)CCl)cc3)C[C@@]21C. The summed E-state index contributed by atoms with van der Waals surface area (Å²) in [4.78, 5) is 25.9. The van der Waals surface area contributed by atoms with Gasteiger partial charge in [-0.25, -0.2) is 0 Å². The fourth-order valence-corrected chi connectivity index (χ4v) is 7.72. The number of hydrogen-bond donors (Lipinski definition) is 1. The summed E-state index contributed by atoms with van der Waals surface area (Å²) in [5, 5.41) is 11.8. The van der Waals surface area contributed by atoms with Crippen LogP contribution in [0.3, 0.4) is 0 Å². The van der Waals surface area contributed by atoms with Crippen molar-refractivity contribution >= 4 is 29.0 Å². The maximum Gasteiger partial charge on any atom is 0.241 e. The van der Waals surface area contributed by atoms with Gasteiger partial charge < -0.3 is 10.0 Å². The number of carbonyl (C=O) groups excluding carboxylic acids is 2. The summed E-state index contributed by atoms with van der Waals surface area (Å²) in [5.74, 6) is 7.21. The Morgan fingerprint density at radius 3 is 2.63 bits per heavy atom. The Morgan fingerprint density at radius 1 is 1.20 bits per heavy atom. The van der Waals surface area contributed by atoms with Crippen molar-refractivity contribution in [3.63, 3.8) is 0 Å². The van der Waals surface area contributed by atoms with E-state index in [0.29, 0.717) is 24.7 Å². The van der Waals surface area contributed by atoms with Crippen molar-refractivity contribution in [2.45, 2.75) is 70.3 Å². The van der Waals surface area contributed by atoms with Gasteiger partial charge in [-0.2, -0.15) is 0 Å². The average molecular weight is 492 g/mol. The molecule has 2 fully saturated rings. The summed E-state index contributed by atoms with van der Waals surface area (Å²) in [5.41, 5.74) is 4.84. The van der Waals surface area contributed by atoms with E-state index in [2.05, 4.69) is 30.9 Å². The van der Waals surface area contributed by atoms with Gasteiger partial charge in [0.1, 0.15) is 11.5 Å². The van der Waals surface area contributed by atoms with Gasteiger partial charge in [-0.3, -0.25) is 9.59 Å². The van der Waals surface area contributed by atoms with Gasteiger partial charge in [-0.1, -0.05) is 30.6 Å². The molecule has 0 radical (unpaired) electrons. The lowest BCUT2D eigenvalue weighted by atomic mass is 9.51. The molecule has 4 aliphatic carbocycles. The number of alkyl halides is 1. The molecule has 0 heterocycles. The molecule has 0 aliphatic heterocycles. The normalized spacial score (nSPS) is 33.7. The maximum absolute atomic E-state index is 12.2. The van der Waals surface area contributed by atoms with Gasteiger partial charge in [-0.15, -0.1) is 17.5 Å². The summed E-state index contributed by atoms with van der Waals surface area (Å²) in [6.45, 7) is 4.07. The lowest BCUT2D eigenvalue weighted by Crippen LogP contribution is -2.51. The van der Waals surface area contributed by atoms with Crippen molar-refractivity contribution in [1.29, 1.82) is 0 Å². The van der Waals surface area contributed by atoms with E-state index in [1.54, 1.807) is 11.9 Å². The van der Waals surface area contributed by atoms with Gasteiger partial charge >= 0.3 is 0 Å². The molecule has 0 aromatic heterocycles. The van der Waals surface area contributed by atoms with Crippen molar-refractivity contribution in [2.75, 3.05) is 17.8 Å². The summed E-state index contributed by atoms with van der Waals surface area (Å²) in [6, 6.07) is 8.23. The van der Waals surface area contributed by atoms with E-state index in [1.807, 2.05) is 25.1 Å². The molecule has 184 valence electrons. The topological polar surface area (TPSA) is 57.6 Å². The van der Waals surface area contributed by atoms with Crippen LogP contribution in [-0.4, -0.2) is 35.3 Å². The zero-order chi connectivity index (χ0) is 25.0. The van der Waals surface area contributed by atoms with Crippen LogP contribution in [0, 0.1) is 29.1 Å². The van der Waals surface area contributed by atoms with Crippen LogP contribution in [0.4, 0.5) is 5.69 Å². The predicted molar refractivity (Wildman–Crippen MR) is 139 cm³/mol. The molecule has 0 saturated heterocycles. The number of carbonyl (C=O) groups is 2.